The highest BCUT2D eigenvalue weighted by Gasteiger charge is 1.94. The number of allylic oxidation sites excluding steroid dienone is 2. The fraction of sp³-hybridized carbons (Fsp3) is 0. The lowest BCUT2D eigenvalue weighted by atomic mass is 10.2. The first-order valence-corrected chi connectivity index (χ1v) is 6.04. The maximum absolute atomic E-state index is 7.19. The number of nitrogens with zero attached hydrogens (tertiary/aromatic N) is 1. The predicted molar refractivity (Wildman–Crippen MR) is 81.4 cm³/mol. The third kappa shape index (κ3) is 4.02. The Labute approximate surface area is 117 Å². The molecule has 0 radical (unpaired) electrons. The van der Waals surface area contributed by atoms with Crippen LogP contribution in [0.2, 0.25) is 0 Å². The van der Waals surface area contributed by atoms with Crippen molar-refractivity contribution in [3.05, 3.63) is 66.3 Å². The van der Waals surface area contributed by atoms with Crippen molar-refractivity contribution in [2.45, 2.75) is 0 Å². The summed E-state index contributed by atoms with van der Waals surface area (Å²) >= 11 is 0. The number of aliphatic imine (C=N–C) groups is 1. The van der Waals surface area contributed by atoms with E-state index in [4.69, 9.17) is 11.1 Å². The molecule has 0 saturated heterocycles. The summed E-state index contributed by atoms with van der Waals surface area (Å²) in [6.07, 6.45) is 10.2. The second-order valence-electron chi connectivity index (χ2n) is 3.96. The maximum atomic E-state index is 7.19. The summed E-state index contributed by atoms with van der Waals surface area (Å²) in [5.74, 6) is 1.18. The maximum Gasteiger partial charge on any atom is 0.125 e. The van der Waals surface area contributed by atoms with Gasteiger partial charge in [0.05, 0.1) is 5.69 Å². The van der Waals surface area contributed by atoms with Crippen molar-refractivity contribution >= 4 is 17.7 Å². The molecule has 1 aromatic rings. The average molecular weight is 268 g/mol. The Hall–Kier alpha value is -3.02. The van der Waals surface area contributed by atoms with Gasteiger partial charge in [-0.1, -0.05) is 12.1 Å². The Morgan fingerprint density at radius 2 is 2.30 bits per heavy atom. The van der Waals surface area contributed by atoms with Crippen molar-refractivity contribution in [3.8, 4) is 0 Å². The van der Waals surface area contributed by atoms with Gasteiger partial charge in [0.25, 0.3) is 0 Å². The second kappa shape index (κ2) is 6.79. The number of benzene rings is 1. The highest BCUT2D eigenvalue weighted by molar-refractivity contribution is 5.93. The minimum atomic E-state index is 0.375. The molecule has 2 rings (SSSR count). The summed E-state index contributed by atoms with van der Waals surface area (Å²) in [4.78, 5) is 4.25. The quantitative estimate of drug-likeness (QED) is 0.410. The Balaban J connectivity index is 1.97. The minimum Gasteiger partial charge on any atom is -0.384 e. The zero-order valence-corrected chi connectivity index (χ0v) is 10.8. The van der Waals surface area contributed by atoms with E-state index < -0.39 is 0 Å². The van der Waals surface area contributed by atoms with E-state index in [1.807, 2.05) is 30.4 Å². The van der Waals surface area contributed by atoms with E-state index in [9.17, 15) is 0 Å². The highest BCUT2D eigenvalue weighted by atomic mass is 15.4. The number of nitrogens with two attached hydrogens (primary N) is 1. The van der Waals surface area contributed by atoms with Crippen LogP contribution < -0.4 is 21.9 Å². The molecule has 20 heavy (non-hydrogen) atoms. The smallest absolute Gasteiger partial charge is 0.125 e. The Kier molecular flexibility index (Phi) is 4.55. The van der Waals surface area contributed by atoms with E-state index in [0.717, 1.165) is 11.4 Å². The van der Waals surface area contributed by atoms with Crippen LogP contribution in [-0.2, 0) is 0 Å². The molecule has 102 valence electrons. The molecule has 0 atom stereocenters. The molecule has 0 unspecified atom stereocenters. The van der Waals surface area contributed by atoms with Crippen molar-refractivity contribution < 1.29 is 0 Å². The van der Waals surface area contributed by atoms with Gasteiger partial charge >= 0.3 is 0 Å². The van der Waals surface area contributed by atoms with Crippen LogP contribution in [0.15, 0.2) is 65.7 Å². The SMILES string of the molecule is N=Cc1cccc(N=C(N)/C=C\NC2=CC=CNN2)c1. The molecule has 1 aliphatic rings. The number of amidine groups is 1. The van der Waals surface area contributed by atoms with E-state index in [1.54, 1.807) is 24.5 Å². The van der Waals surface area contributed by atoms with E-state index in [0.29, 0.717) is 11.5 Å². The Morgan fingerprint density at radius 1 is 1.40 bits per heavy atom. The molecule has 0 saturated carbocycles. The number of rotatable bonds is 5. The summed E-state index contributed by atoms with van der Waals surface area (Å²) in [6.45, 7) is 0. The summed E-state index contributed by atoms with van der Waals surface area (Å²) in [6, 6.07) is 7.30. The van der Waals surface area contributed by atoms with Gasteiger partial charge < -0.3 is 21.9 Å². The van der Waals surface area contributed by atoms with E-state index in [-0.39, 0.29) is 0 Å². The summed E-state index contributed by atoms with van der Waals surface area (Å²) in [7, 11) is 0. The van der Waals surface area contributed by atoms with Crippen LogP contribution in [0.5, 0.6) is 0 Å². The van der Waals surface area contributed by atoms with Gasteiger partial charge in [-0.3, -0.25) is 5.43 Å². The monoisotopic (exact) mass is 268 g/mol. The third-order valence-corrected chi connectivity index (χ3v) is 2.44. The number of hydrogen-bond donors (Lipinski definition) is 5. The predicted octanol–water partition coefficient (Wildman–Crippen LogP) is 1.24. The molecular formula is C14H16N6. The zero-order valence-electron chi connectivity index (χ0n) is 10.8. The topological polar surface area (TPSA) is 98.3 Å². The lowest BCUT2D eigenvalue weighted by Gasteiger charge is -2.12. The lowest BCUT2D eigenvalue weighted by molar-refractivity contribution is 0.677. The normalized spacial score (nSPS) is 14.4. The molecular weight excluding hydrogens is 252 g/mol. The van der Waals surface area contributed by atoms with Crippen LogP contribution in [0.3, 0.4) is 0 Å². The molecule has 1 aromatic carbocycles. The van der Waals surface area contributed by atoms with Gasteiger partial charge in [-0.25, -0.2) is 4.99 Å². The van der Waals surface area contributed by atoms with Crippen molar-refractivity contribution in [3.63, 3.8) is 0 Å². The molecule has 0 amide bonds. The lowest BCUT2D eigenvalue weighted by Crippen LogP contribution is -2.33. The first kappa shape index (κ1) is 13.4. The zero-order chi connectivity index (χ0) is 14.2. The molecule has 0 aliphatic carbocycles. The largest absolute Gasteiger partial charge is 0.384 e. The number of nitrogens with one attached hydrogen (secondary N) is 4. The van der Waals surface area contributed by atoms with Crippen LogP contribution >= 0.6 is 0 Å². The molecule has 0 spiro atoms. The molecule has 1 aliphatic heterocycles. The van der Waals surface area contributed by atoms with Gasteiger partial charge in [0.15, 0.2) is 0 Å². The van der Waals surface area contributed by atoms with Crippen LogP contribution in [0.25, 0.3) is 0 Å². The fourth-order valence-electron chi connectivity index (χ4n) is 1.53. The van der Waals surface area contributed by atoms with Gasteiger partial charge in [-0.15, -0.1) is 0 Å². The van der Waals surface area contributed by atoms with Crippen molar-refractivity contribution in [2.24, 2.45) is 10.7 Å². The van der Waals surface area contributed by atoms with Crippen LogP contribution in [0.1, 0.15) is 5.56 Å². The molecule has 6 heteroatoms. The number of hydrogen-bond acceptors (Lipinski definition) is 5. The van der Waals surface area contributed by atoms with Gasteiger partial charge in [0.1, 0.15) is 11.7 Å². The van der Waals surface area contributed by atoms with Crippen molar-refractivity contribution in [1.82, 2.24) is 16.2 Å². The average Bonchev–Trinajstić information content (AvgIpc) is 2.48. The van der Waals surface area contributed by atoms with Crippen LogP contribution in [-0.4, -0.2) is 12.1 Å². The van der Waals surface area contributed by atoms with Crippen LogP contribution in [0.4, 0.5) is 5.69 Å². The molecule has 6 nitrogen and oxygen atoms in total. The van der Waals surface area contributed by atoms with Gasteiger partial charge in [-0.05, 0) is 35.9 Å². The van der Waals surface area contributed by atoms with Gasteiger partial charge in [0.2, 0.25) is 0 Å². The second-order valence-corrected chi connectivity index (χ2v) is 3.96. The molecule has 0 fully saturated rings. The van der Waals surface area contributed by atoms with E-state index in [1.165, 1.54) is 6.21 Å². The molecule has 0 bridgehead atoms. The Morgan fingerprint density at radius 3 is 3.05 bits per heavy atom. The fourth-order valence-corrected chi connectivity index (χ4v) is 1.53. The third-order valence-electron chi connectivity index (χ3n) is 2.44. The summed E-state index contributed by atoms with van der Waals surface area (Å²) in [5.41, 5.74) is 13.1. The van der Waals surface area contributed by atoms with Gasteiger partial charge in [-0.2, -0.15) is 0 Å². The van der Waals surface area contributed by atoms with Crippen LogP contribution in [0, 0.1) is 5.41 Å². The number of hydrazine groups is 1. The molecule has 0 aromatic heterocycles. The first-order valence-electron chi connectivity index (χ1n) is 6.04. The van der Waals surface area contributed by atoms with Gasteiger partial charge in [0, 0.05) is 18.6 Å². The Bertz CT molecular complexity index is 597. The van der Waals surface area contributed by atoms with E-state index >= 15 is 0 Å². The molecule has 6 N–H and O–H groups in total. The van der Waals surface area contributed by atoms with Crippen molar-refractivity contribution in [1.29, 1.82) is 5.41 Å². The standard InChI is InChI=1S/C14H16N6/c15-10-11-3-1-4-12(9-11)19-13(16)6-8-17-14-5-2-7-18-20-14/h1-10,15,17-18,20H,(H2,16,19)/b8-6-,15-10?. The first-order chi connectivity index (χ1) is 9.78. The molecule has 1 heterocycles. The summed E-state index contributed by atoms with van der Waals surface area (Å²) in [5, 5.41) is 10.2. The van der Waals surface area contributed by atoms with Crippen molar-refractivity contribution in [2.75, 3.05) is 0 Å². The van der Waals surface area contributed by atoms with E-state index in [2.05, 4.69) is 21.2 Å². The minimum absolute atomic E-state index is 0.375. The highest BCUT2D eigenvalue weighted by Crippen LogP contribution is 2.12. The summed E-state index contributed by atoms with van der Waals surface area (Å²) < 4.78 is 0.